The molecule has 1 unspecified atom stereocenters. The normalized spacial score (nSPS) is 21.4. The Morgan fingerprint density at radius 2 is 2.00 bits per heavy atom. The van der Waals surface area contributed by atoms with E-state index in [2.05, 4.69) is 31.1 Å². The summed E-state index contributed by atoms with van der Waals surface area (Å²) < 4.78 is 5.09. The Morgan fingerprint density at radius 1 is 1.42 bits per heavy atom. The maximum atomic E-state index is 11.8. The van der Waals surface area contributed by atoms with Gasteiger partial charge in [-0.3, -0.25) is 4.79 Å². The highest BCUT2D eigenvalue weighted by Crippen LogP contribution is 2.36. The Hall–Kier alpha value is -0.610. The summed E-state index contributed by atoms with van der Waals surface area (Å²) in [7, 11) is 3.94. The number of esters is 1. The van der Waals surface area contributed by atoms with Gasteiger partial charge in [-0.25, -0.2) is 0 Å². The van der Waals surface area contributed by atoms with Gasteiger partial charge in [-0.15, -0.1) is 0 Å². The Kier molecular flexibility index (Phi) is 6.27. The average molecular weight is 270 g/mol. The average Bonchev–Trinajstić information content (AvgIpc) is 2.35. The molecule has 0 aromatic heterocycles. The minimum Gasteiger partial charge on any atom is -0.465 e. The topological polar surface area (TPSA) is 41.6 Å². The van der Waals surface area contributed by atoms with Crippen molar-refractivity contribution in [2.24, 2.45) is 5.41 Å². The highest BCUT2D eigenvalue weighted by molar-refractivity contribution is 5.76. The molecule has 1 fully saturated rings. The van der Waals surface area contributed by atoms with Crippen LogP contribution >= 0.6 is 0 Å². The fraction of sp³-hybridized carbons (Fsp3) is 0.933. The maximum Gasteiger partial charge on any atom is 0.324 e. The number of carbonyl (C=O) groups is 1. The number of ether oxygens (including phenoxy) is 1. The molecule has 4 nitrogen and oxygen atoms in total. The summed E-state index contributed by atoms with van der Waals surface area (Å²) in [6.07, 6.45) is 4.99. The first-order chi connectivity index (χ1) is 8.89. The van der Waals surface area contributed by atoms with Crippen molar-refractivity contribution < 1.29 is 9.53 Å². The monoisotopic (exact) mass is 270 g/mol. The number of likely N-dealkylation sites (N-methyl/N-ethyl adjacent to an activating group) is 2. The van der Waals surface area contributed by atoms with E-state index in [1.165, 1.54) is 25.7 Å². The lowest BCUT2D eigenvalue weighted by Crippen LogP contribution is -2.48. The zero-order valence-electron chi connectivity index (χ0n) is 13.2. The molecule has 1 aliphatic carbocycles. The van der Waals surface area contributed by atoms with Crippen LogP contribution in [0, 0.1) is 5.41 Å². The number of hydrogen-bond acceptors (Lipinski definition) is 4. The highest BCUT2D eigenvalue weighted by Gasteiger charge is 2.30. The fourth-order valence-corrected chi connectivity index (χ4v) is 2.79. The predicted molar refractivity (Wildman–Crippen MR) is 78.1 cm³/mol. The van der Waals surface area contributed by atoms with Crippen molar-refractivity contribution in [2.75, 3.05) is 27.2 Å². The largest absolute Gasteiger partial charge is 0.465 e. The van der Waals surface area contributed by atoms with Gasteiger partial charge < -0.3 is 15.0 Å². The van der Waals surface area contributed by atoms with Crippen molar-refractivity contribution >= 4 is 5.97 Å². The summed E-state index contributed by atoms with van der Waals surface area (Å²) >= 11 is 0. The molecule has 0 radical (unpaired) electrons. The summed E-state index contributed by atoms with van der Waals surface area (Å²) in [6.45, 7) is 7.70. The summed E-state index contributed by atoms with van der Waals surface area (Å²) in [5.74, 6) is -0.145. The van der Waals surface area contributed by atoms with Gasteiger partial charge in [0.15, 0.2) is 0 Å². The van der Waals surface area contributed by atoms with Crippen LogP contribution in [0.5, 0.6) is 0 Å². The molecular weight excluding hydrogens is 240 g/mol. The number of nitrogens with one attached hydrogen (secondary N) is 1. The second-order valence-corrected chi connectivity index (χ2v) is 6.43. The molecule has 0 amide bonds. The van der Waals surface area contributed by atoms with Crippen LogP contribution in [0.2, 0.25) is 0 Å². The quantitative estimate of drug-likeness (QED) is 0.750. The van der Waals surface area contributed by atoms with Gasteiger partial charge in [0.1, 0.15) is 6.04 Å². The van der Waals surface area contributed by atoms with Gasteiger partial charge in [-0.05, 0) is 52.1 Å². The van der Waals surface area contributed by atoms with Crippen LogP contribution in [0.25, 0.3) is 0 Å². The Morgan fingerprint density at radius 3 is 2.47 bits per heavy atom. The first kappa shape index (κ1) is 16.4. The Labute approximate surface area is 117 Å². The second kappa shape index (κ2) is 7.25. The number of nitrogens with zero attached hydrogens (tertiary/aromatic N) is 1. The summed E-state index contributed by atoms with van der Waals surface area (Å²) in [5, 5.41) is 3.06. The standard InChI is InChI=1S/C15H30N2O2/c1-6-19-14(18)13(16-4)11-17(5)12-7-9-15(2,3)10-8-12/h12-13,16H,6-11H2,1-5H3. The molecule has 0 spiro atoms. The summed E-state index contributed by atoms with van der Waals surface area (Å²) in [5.41, 5.74) is 0.487. The van der Waals surface area contributed by atoms with Gasteiger partial charge in [0.05, 0.1) is 6.61 Å². The molecule has 1 atom stereocenters. The molecule has 0 aliphatic heterocycles. The van der Waals surface area contributed by atoms with Crippen molar-refractivity contribution in [1.82, 2.24) is 10.2 Å². The van der Waals surface area contributed by atoms with Gasteiger partial charge >= 0.3 is 5.97 Å². The summed E-state index contributed by atoms with van der Waals surface area (Å²) in [6, 6.07) is 0.373. The van der Waals surface area contributed by atoms with Crippen molar-refractivity contribution in [2.45, 2.75) is 58.5 Å². The van der Waals surface area contributed by atoms with Crippen molar-refractivity contribution in [3.63, 3.8) is 0 Å². The molecule has 1 aliphatic rings. The van der Waals surface area contributed by atoms with E-state index >= 15 is 0 Å². The molecule has 19 heavy (non-hydrogen) atoms. The van der Waals surface area contributed by atoms with Gasteiger partial charge in [0.2, 0.25) is 0 Å². The third-order valence-corrected chi connectivity index (χ3v) is 4.32. The van der Waals surface area contributed by atoms with Crippen LogP contribution in [0.15, 0.2) is 0 Å². The van der Waals surface area contributed by atoms with E-state index in [0.29, 0.717) is 18.1 Å². The number of rotatable bonds is 6. The smallest absolute Gasteiger partial charge is 0.324 e. The lowest BCUT2D eigenvalue weighted by atomic mass is 9.75. The lowest BCUT2D eigenvalue weighted by molar-refractivity contribution is -0.146. The molecule has 1 N–H and O–H groups in total. The molecule has 0 aromatic rings. The molecular formula is C15H30N2O2. The Bertz CT molecular complexity index is 282. The molecule has 0 aromatic carbocycles. The molecule has 0 heterocycles. The minimum atomic E-state index is -0.222. The fourth-order valence-electron chi connectivity index (χ4n) is 2.79. The third kappa shape index (κ3) is 5.11. The van der Waals surface area contributed by atoms with E-state index in [1.807, 2.05) is 14.0 Å². The molecule has 0 saturated heterocycles. The lowest BCUT2D eigenvalue weighted by Gasteiger charge is -2.39. The zero-order chi connectivity index (χ0) is 14.5. The van der Waals surface area contributed by atoms with Crippen molar-refractivity contribution in [1.29, 1.82) is 0 Å². The third-order valence-electron chi connectivity index (χ3n) is 4.32. The molecule has 1 saturated carbocycles. The minimum absolute atomic E-state index is 0.145. The Balaban J connectivity index is 2.45. The number of carbonyl (C=O) groups excluding carboxylic acids is 1. The van der Waals surface area contributed by atoms with Crippen LogP contribution in [0.4, 0.5) is 0 Å². The van der Waals surface area contributed by atoms with Crippen LogP contribution < -0.4 is 5.32 Å². The van der Waals surface area contributed by atoms with Gasteiger partial charge in [-0.2, -0.15) is 0 Å². The SMILES string of the molecule is CCOC(=O)C(CN(C)C1CCC(C)(C)CC1)NC. The van der Waals surface area contributed by atoms with E-state index in [0.717, 1.165) is 6.54 Å². The van der Waals surface area contributed by atoms with E-state index in [1.54, 1.807) is 0 Å². The first-order valence-electron chi connectivity index (χ1n) is 7.43. The van der Waals surface area contributed by atoms with Gasteiger partial charge in [0.25, 0.3) is 0 Å². The second-order valence-electron chi connectivity index (χ2n) is 6.43. The van der Waals surface area contributed by atoms with Crippen LogP contribution in [0.1, 0.15) is 46.5 Å². The molecule has 1 rings (SSSR count). The van der Waals surface area contributed by atoms with Crippen LogP contribution in [0.3, 0.4) is 0 Å². The van der Waals surface area contributed by atoms with E-state index < -0.39 is 0 Å². The molecule has 112 valence electrons. The van der Waals surface area contributed by atoms with Gasteiger partial charge in [0, 0.05) is 12.6 Å². The summed E-state index contributed by atoms with van der Waals surface area (Å²) in [4.78, 5) is 14.1. The van der Waals surface area contributed by atoms with Crippen molar-refractivity contribution in [3.05, 3.63) is 0 Å². The predicted octanol–water partition coefficient (Wildman–Crippen LogP) is 2.04. The highest BCUT2D eigenvalue weighted by atomic mass is 16.5. The molecule has 4 heteroatoms. The van der Waals surface area contributed by atoms with Gasteiger partial charge in [-0.1, -0.05) is 13.8 Å². The number of hydrogen-bond donors (Lipinski definition) is 1. The maximum absolute atomic E-state index is 11.8. The van der Waals surface area contributed by atoms with E-state index in [4.69, 9.17) is 4.74 Å². The first-order valence-corrected chi connectivity index (χ1v) is 7.43. The zero-order valence-corrected chi connectivity index (χ0v) is 13.2. The van der Waals surface area contributed by atoms with Crippen LogP contribution in [-0.2, 0) is 9.53 Å². The van der Waals surface area contributed by atoms with Crippen molar-refractivity contribution in [3.8, 4) is 0 Å². The van der Waals surface area contributed by atoms with E-state index in [-0.39, 0.29) is 12.0 Å². The van der Waals surface area contributed by atoms with Crippen LogP contribution in [-0.4, -0.2) is 50.2 Å². The molecule has 0 bridgehead atoms. The van der Waals surface area contributed by atoms with E-state index in [9.17, 15) is 4.79 Å².